The molecule has 0 aromatic rings. The van der Waals surface area contributed by atoms with Gasteiger partial charge in [-0.2, -0.15) is 0 Å². The predicted molar refractivity (Wildman–Crippen MR) is 52.3 cm³/mol. The Hall–Kier alpha value is -0.870. The standard InChI is InChI=1S/C10H11ClO4/c1-2-14-10(13)8-6-4-3-5(15-6)7(8)9(11)12/h3-8H,2H2,1H3/t5-,6+,7?,8?/m0/s1. The molecule has 4 nitrogen and oxygen atoms in total. The minimum atomic E-state index is -0.597. The lowest BCUT2D eigenvalue weighted by Gasteiger charge is -2.19. The second-order valence-electron chi connectivity index (χ2n) is 3.56. The van der Waals surface area contributed by atoms with Crippen LogP contribution in [0.25, 0.3) is 0 Å². The summed E-state index contributed by atoms with van der Waals surface area (Å²) in [4.78, 5) is 22.8. The minimum absolute atomic E-state index is 0.291. The Kier molecular flexibility index (Phi) is 2.80. The van der Waals surface area contributed by atoms with Crippen LogP contribution in [0.4, 0.5) is 0 Å². The van der Waals surface area contributed by atoms with Crippen molar-refractivity contribution in [2.75, 3.05) is 6.61 Å². The normalized spacial score (nSPS) is 36.9. The van der Waals surface area contributed by atoms with Crippen LogP contribution in [-0.2, 0) is 19.1 Å². The van der Waals surface area contributed by atoms with Crippen molar-refractivity contribution < 1.29 is 19.1 Å². The first-order valence-corrected chi connectivity index (χ1v) is 5.22. The maximum atomic E-state index is 11.6. The van der Waals surface area contributed by atoms with Gasteiger partial charge in [-0.25, -0.2) is 0 Å². The second kappa shape index (κ2) is 3.94. The fourth-order valence-electron chi connectivity index (χ4n) is 2.10. The molecule has 2 rings (SSSR count). The Morgan fingerprint density at radius 2 is 1.93 bits per heavy atom. The first kappa shape index (κ1) is 10.6. The summed E-state index contributed by atoms with van der Waals surface area (Å²) >= 11 is 5.46. The first-order valence-electron chi connectivity index (χ1n) is 4.85. The Balaban J connectivity index is 2.19. The van der Waals surface area contributed by atoms with Gasteiger partial charge >= 0.3 is 5.97 Å². The lowest BCUT2D eigenvalue weighted by Crippen LogP contribution is -2.35. The van der Waals surface area contributed by atoms with Crippen LogP contribution in [0.3, 0.4) is 0 Å². The van der Waals surface area contributed by atoms with Crippen molar-refractivity contribution in [1.82, 2.24) is 0 Å². The maximum absolute atomic E-state index is 11.6. The van der Waals surface area contributed by atoms with E-state index in [9.17, 15) is 9.59 Å². The summed E-state index contributed by atoms with van der Waals surface area (Å²) in [6.45, 7) is 2.01. The molecule has 0 aromatic carbocycles. The third-order valence-electron chi connectivity index (χ3n) is 2.72. The lowest BCUT2D eigenvalue weighted by molar-refractivity contribution is -0.151. The molecule has 0 spiro atoms. The Bertz CT molecular complexity index is 325. The molecule has 1 fully saturated rings. The van der Waals surface area contributed by atoms with Crippen molar-refractivity contribution in [3.05, 3.63) is 12.2 Å². The lowest BCUT2D eigenvalue weighted by atomic mass is 9.84. The molecule has 15 heavy (non-hydrogen) atoms. The molecule has 0 N–H and O–H groups in total. The van der Waals surface area contributed by atoms with Crippen LogP contribution in [0, 0.1) is 11.8 Å². The van der Waals surface area contributed by atoms with E-state index in [-0.39, 0.29) is 12.2 Å². The zero-order chi connectivity index (χ0) is 11.0. The topological polar surface area (TPSA) is 52.6 Å². The molecule has 0 radical (unpaired) electrons. The molecule has 1 saturated heterocycles. The highest BCUT2D eigenvalue weighted by Gasteiger charge is 2.53. The summed E-state index contributed by atoms with van der Waals surface area (Å²) in [6.07, 6.45) is 2.82. The summed E-state index contributed by atoms with van der Waals surface area (Å²) in [5, 5.41) is -0.537. The molecule has 0 saturated carbocycles. The number of carbonyl (C=O) groups excluding carboxylic acids is 2. The molecule has 2 unspecified atom stereocenters. The van der Waals surface area contributed by atoms with Crippen molar-refractivity contribution in [2.45, 2.75) is 19.1 Å². The van der Waals surface area contributed by atoms with Crippen molar-refractivity contribution in [3.63, 3.8) is 0 Å². The molecule has 4 atom stereocenters. The number of esters is 1. The van der Waals surface area contributed by atoms with E-state index < -0.39 is 23.0 Å². The number of hydrogen-bond donors (Lipinski definition) is 0. The fraction of sp³-hybridized carbons (Fsp3) is 0.600. The minimum Gasteiger partial charge on any atom is -0.466 e. The highest BCUT2D eigenvalue weighted by atomic mass is 35.5. The van der Waals surface area contributed by atoms with Gasteiger partial charge in [-0.15, -0.1) is 0 Å². The van der Waals surface area contributed by atoms with Gasteiger partial charge in [0.15, 0.2) is 0 Å². The van der Waals surface area contributed by atoms with E-state index in [0.717, 1.165) is 0 Å². The van der Waals surface area contributed by atoms with Gasteiger partial charge in [-0.05, 0) is 18.5 Å². The van der Waals surface area contributed by atoms with Crippen LogP contribution in [0.5, 0.6) is 0 Å². The summed E-state index contributed by atoms with van der Waals surface area (Å²) in [7, 11) is 0. The van der Waals surface area contributed by atoms with E-state index in [2.05, 4.69) is 0 Å². The van der Waals surface area contributed by atoms with Crippen molar-refractivity contribution >= 4 is 22.8 Å². The van der Waals surface area contributed by atoms with Crippen LogP contribution in [-0.4, -0.2) is 30.0 Å². The van der Waals surface area contributed by atoms with Crippen LogP contribution < -0.4 is 0 Å². The molecule has 0 amide bonds. The molecule has 0 aromatic heterocycles. The highest BCUT2D eigenvalue weighted by Crippen LogP contribution is 2.40. The van der Waals surface area contributed by atoms with Crippen molar-refractivity contribution in [1.29, 1.82) is 0 Å². The van der Waals surface area contributed by atoms with Crippen molar-refractivity contribution in [2.24, 2.45) is 11.8 Å². The van der Waals surface area contributed by atoms with E-state index in [1.165, 1.54) is 0 Å². The van der Waals surface area contributed by atoms with Crippen LogP contribution in [0.1, 0.15) is 6.92 Å². The van der Waals surface area contributed by atoms with E-state index in [1.807, 2.05) is 0 Å². The van der Waals surface area contributed by atoms with E-state index >= 15 is 0 Å². The van der Waals surface area contributed by atoms with Gasteiger partial charge < -0.3 is 9.47 Å². The monoisotopic (exact) mass is 230 g/mol. The Morgan fingerprint density at radius 3 is 2.47 bits per heavy atom. The SMILES string of the molecule is CCOC(=O)C1C(C(=O)Cl)[C@@H]2C=C[C@H]1O2. The number of halogens is 1. The quantitative estimate of drug-likeness (QED) is 0.410. The third-order valence-corrected chi connectivity index (χ3v) is 2.97. The van der Waals surface area contributed by atoms with Gasteiger partial charge in [0.2, 0.25) is 5.24 Å². The molecule has 5 heteroatoms. The van der Waals surface area contributed by atoms with E-state index in [1.54, 1.807) is 19.1 Å². The smallest absolute Gasteiger partial charge is 0.312 e. The van der Waals surface area contributed by atoms with Crippen LogP contribution in [0.15, 0.2) is 12.2 Å². The van der Waals surface area contributed by atoms with E-state index in [4.69, 9.17) is 21.1 Å². The molecule has 0 aliphatic carbocycles. The zero-order valence-corrected chi connectivity index (χ0v) is 8.94. The summed E-state index contributed by atoms with van der Waals surface area (Å²) in [5.74, 6) is -1.58. The van der Waals surface area contributed by atoms with Gasteiger partial charge in [0, 0.05) is 0 Å². The van der Waals surface area contributed by atoms with Gasteiger partial charge in [-0.1, -0.05) is 12.2 Å². The van der Waals surface area contributed by atoms with Gasteiger partial charge in [0.1, 0.15) is 5.92 Å². The maximum Gasteiger partial charge on any atom is 0.312 e. The average Bonchev–Trinajstić information content (AvgIpc) is 2.76. The highest BCUT2D eigenvalue weighted by molar-refractivity contribution is 6.64. The Morgan fingerprint density at radius 1 is 1.33 bits per heavy atom. The summed E-state index contributed by atoms with van der Waals surface area (Å²) in [6, 6.07) is 0. The largest absolute Gasteiger partial charge is 0.466 e. The average molecular weight is 231 g/mol. The predicted octanol–water partition coefficient (Wildman–Crippen LogP) is 0.884. The van der Waals surface area contributed by atoms with Crippen molar-refractivity contribution in [3.8, 4) is 0 Å². The number of hydrogen-bond acceptors (Lipinski definition) is 4. The molecule has 2 heterocycles. The molecular formula is C10H11ClO4. The number of carbonyl (C=O) groups is 2. The van der Waals surface area contributed by atoms with Gasteiger partial charge in [0.05, 0.1) is 24.7 Å². The molecule has 2 aliphatic rings. The number of fused-ring (bicyclic) bond motifs is 2. The zero-order valence-electron chi connectivity index (χ0n) is 8.18. The Labute approximate surface area is 92.2 Å². The van der Waals surface area contributed by atoms with Gasteiger partial charge in [0.25, 0.3) is 0 Å². The first-order chi connectivity index (χ1) is 7.15. The molecule has 2 aliphatic heterocycles. The second-order valence-corrected chi connectivity index (χ2v) is 3.93. The van der Waals surface area contributed by atoms with Crippen LogP contribution in [0.2, 0.25) is 0 Å². The number of ether oxygens (including phenoxy) is 2. The molecule has 82 valence electrons. The third kappa shape index (κ3) is 1.68. The summed E-state index contributed by atoms with van der Waals surface area (Å²) < 4.78 is 10.3. The van der Waals surface area contributed by atoms with Gasteiger partial charge in [-0.3, -0.25) is 9.59 Å². The van der Waals surface area contributed by atoms with E-state index in [0.29, 0.717) is 6.61 Å². The fourth-order valence-corrected chi connectivity index (χ4v) is 2.36. The molecular weight excluding hydrogens is 220 g/mol. The van der Waals surface area contributed by atoms with Crippen LogP contribution >= 0.6 is 11.6 Å². The summed E-state index contributed by atoms with van der Waals surface area (Å²) in [5.41, 5.74) is 0. The molecule has 2 bridgehead atoms. The number of rotatable bonds is 3.